The van der Waals surface area contributed by atoms with Crippen LogP contribution in [0, 0.1) is 31.6 Å². The molecule has 1 saturated carbocycles. The Morgan fingerprint density at radius 3 is 2.42 bits per heavy atom. The average molecular weight is 564 g/mol. The predicted octanol–water partition coefficient (Wildman–Crippen LogP) is 5.92. The Bertz CT molecular complexity index is 1110. The Morgan fingerprint density at radius 2 is 1.85 bits per heavy atom. The minimum atomic E-state index is -4.43. The number of carbonyl (C=O) groups excluding carboxylic acids is 1. The third-order valence-electron chi connectivity index (χ3n) is 6.73. The number of terminal acetylenes is 1. The molecule has 40 heavy (non-hydrogen) atoms. The van der Waals surface area contributed by atoms with Gasteiger partial charge in [0.2, 0.25) is 5.91 Å². The first-order valence-corrected chi connectivity index (χ1v) is 13.7. The number of methoxy groups -OCH3 is 1. The van der Waals surface area contributed by atoms with E-state index in [1.807, 2.05) is 57.5 Å². The second-order valence-corrected chi connectivity index (χ2v) is 9.15. The van der Waals surface area contributed by atoms with Gasteiger partial charge < -0.3 is 25.3 Å². The minimum absolute atomic E-state index is 0.114. The quantitative estimate of drug-likeness (QED) is 0.427. The molecule has 222 valence electrons. The molecule has 4 rings (SSSR count). The van der Waals surface area contributed by atoms with Gasteiger partial charge in [-0.2, -0.15) is 13.2 Å². The fourth-order valence-electron chi connectivity index (χ4n) is 5.06. The van der Waals surface area contributed by atoms with E-state index in [0.29, 0.717) is 23.4 Å². The predicted molar refractivity (Wildman–Crippen MR) is 155 cm³/mol. The Morgan fingerprint density at radius 1 is 1.20 bits per heavy atom. The molecule has 2 heterocycles. The number of rotatable bonds is 6. The molecule has 0 unspecified atom stereocenters. The van der Waals surface area contributed by atoms with Crippen molar-refractivity contribution in [1.82, 2.24) is 19.8 Å². The summed E-state index contributed by atoms with van der Waals surface area (Å²) in [5.41, 5.74) is 8.96. The number of hydrogen-bond acceptors (Lipinski definition) is 5. The Hall–Kier alpha value is -3.61. The Labute approximate surface area is 237 Å². The molecule has 2 fully saturated rings. The van der Waals surface area contributed by atoms with Crippen LogP contribution < -0.4 is 15.8 Å². The van der Waals surface area contributed by atoms with Crippen LogP contribution in [-0.2, 0) is 4.79 Å². The Kier molecular flexibility index (Phi) is 14.2. The van der Waals surface area contributed by atoms with Crippen molar-refractivity contribution in [2.45, 2.75) is 72.5 Å². The monoisotopic (exact) mass is 563 g/mol. The highest BCUT2D eigenvalue weighted by Gasteiger charge is 2.42. The maximum atomic E-state index is 13.1. The molecule has 3 N–H and O–H groups in total. The largest absolute Gasteiger partial charge is 0.495 e. The van der Waals surface area contributed by atoms with Crippen molar-refractivity contribution in [3.05, 3.63) is 48.2 Å². The minimum Gasteiger partial charge on any atom is -0.495 e. The number of carbonyl (C=O) groups is 1. The molecule has 1 amide bonds. The third-order valence-corrected chi connectivity index (χ3v) is 6.73. The zero-order valence-corrected chi connectivity index (χ0v) is 24.5. The zero-order valence-electron chi connectivity index (χ0n) is 24.5. The van der Waals surface area contributed by atoms with Gasteiger partial charge in [-0.3, -0.25) is 4.79 Å². The smallest absolute Gasteiger partial charge is 0.406 e. The number of nitrogens with zero attached hydrogens (tertiary/aromatic N) is 3. The van der Waals surface area contributed by atoms with Crippen molar-refractivity contribution in [2.75, 3.05) is 20.2 Å². The second-order valence-electron chi connectivity index (χ2n) is 9.15. The highest BCUT2D eigenvalue weighted by atomic mass is 19.4. The highest BCUT2D eigenvalue weighted by Crippen LogP contribution is 2.38. The van der Waals surface area contributed by atoms with Crippen LogP contribution >= 0.6 is 0 Å². The molecule has 1 aliphatic heterocycles. The van der Waals surface area contributed by atoms with E-state index in [1.165, 1.54) is 6.20 Å². The van der Waals surface area contributed by atoms with Crippen molar-refractivity contribution in [3.63, 3.8) is 0 Å². The second kappa shape index (κ2) is 16.5. The van der Waals surface area contributed by atoms with E-state index in [1.54, 1.807) is 19.5 Å². The van der Waals surface area contributed by atoms with Gasteiger partial charge in [-0.25, -0.2) is 4.98 Å². The lowest BCUT2D eigenvalue weighted by Gasteiger charge is -2.27. The fourth-order valence-corrected chi connectivity index (χ4v) is 5.06. The number of imidazole rings is 1. The summed E-state index contributed by atoms with van der Waals surface area (Å²) < 4.78 is 46.7. The average Bonchev–Trinajstić information content (AvgIpc) is 3.57. The van der Waals surface area contributed by atoms with Crippen LogP contribution in [0.4, 0.5) is 13.2 Å². The van der Waals surface area contributed by atoms with Crippen LogP contribution in [0.1, 0.15) is 64.6 Å². The van der Waals surface area contributed by atoms with Crippen LogP contribution in [0.15, 0.2) is 36.9 Å². The summed E-state index contributed by atoms with van der Waals surface area (Å²) in [6, 6.07) is 4.69. The van der Waals surface area contributed by atoms with Gasteiger partial charge in [0.15, 0.2) is 0 Å². The van der Waals surface area contributed by atoms with Gasteiger partial charge in [0.05, 0.1) is 30.5 Å². The number of aryl methyl sites for hydroxylation is 1. The first kappa shape index (κ1) is 34.4. The normalized spacial score (nSPS) is 20.4. The number of likely N-dealkylation sites (tertiary alicyclic amines) is 1. The highest BCUT2D eigenvalue weighted by molar-refractivity contribution is 5.83. The lowest BCUT2D eigenvalue weighted by molar-refractivity contribution is -0.162. The van der Waals surface area contributed by atoms with Crippen molar-refractivity contribution < 1.29 is 22.7 Å². The molecule has 1 saturated heterocycles. The Balaban J connectivity index is 0.00000125. The maximum Gasteiger partial charge on any atom is 0.406 e. The third kappa shape index (κ3) is 9.25. The van der Waals surface area contributed by atoms with Crippen molar-refractivity contribution in [1.29, 1.82) is 0 Å². The van der Waals surface area contributed by atoms with E-state index in [-0.39, 0.29) is 18.4 Å². The molecule has 0 radical (unpaired) electrons. The van der Waals surface area contributed by atoms with E-state index >= 15 is 0 Å². The summed E-state index contributed by atoms with van der Waals surface area (Å²) in [6.45, 7) is 8.83. The van der Waals surface area contributed by atoms with E-state index < -0.39 is 24.7 Å². The van der Waals surface area contributed by atoms with Crippen molar-refractivity contribution in [3.8, 4) is 24.3 Å². The van der Waals surface area contributed by atoms with Crippen LogP contribution in [0.3, 0.4) is 0 Å². The number of halogens is 3. The van der Waals surface area contributed by atoms with Gasteiger partial charge >= 0.3 is 6.18 Å². The van der Waals surface area contributed by atoms with Crippen LogP contribution in [0.2, 0.25) is 0 Å². The molecule has 3 atom stereocenters. The van der Waals surface area contributed by atoms with E-state index in [2.05, 4.69) is 23.1 Å². The number of aromatic nitrogens is 2. The molecule has 1 aliphatic carbocycles. The van der Waals surface area contributed by atoms with Crippen LogP contribution in [0.25, 0.3) is 11.4 Å². The maximum absolute atomic E-state index is 13.1. The number of nitrogens with two attached hydrogens (primary N) is 1. The molecule has 2 aliphatic rings. The first-order valence-electron chi connectivity index (χ1n) is 13.7. The van der Waals surface area contributed by atoms with Gasteiger partial charge in [-0.15, -0.1) is 12.8 Å². The molecule has 0 spiro atoms. The van der Waals surface area contributed by atoms with Crippen molar-refractivity contribution >= 4 is 11.6 Å². The molecule has 10 heteroatoms. The number of nitrogens with one attached hydrogen (secondary N) is 1. The number of benzene rings is 1. The molecular formula is C30H44F3N5O2. The summed E-state index contributed by atoms with van der Waals surface area (Å²) in [4.78, 5) is 18.2. The zero-order chi connectivity index (χ0) is 30.5. The lowest BCUT2D eigenvalue weighted by atomic mass is 9.91. The van der Waals surface area contributed by atoms with Gasteiger partial charge in [0, 0.05) is 24.5 Å². The summed E-state index contributed by atoms with van der Waals surface area (Å²) >= 11 is 0. The van der Waals surface area contributed by atoms with Gasteiger partial charge in [-0.1, -0.05) is 46.6 Å². The van der Waals surface area contributed by atoms with Gasteiger partial charge in [0.1, 0.15) is 18.3 Å². The number of amides is 1. The number of ether oxygens (including phenoxy) is 1. The number of fused-ring (bicyclic) bond motifs is 1. The fraction of sp³-hybridized carbons (Fsp3) is 0.533. The van der Waals surface area contributed by atoms with Crippen LogP contribution in [0.5, 0.6) is 5.75 Å². The summed E-state index contributed by atoms with van der Waals surface area (Å²) in [6.07, 6.45) is 11.9. The molecule has 1 aromatic carbocycles. The molecule has 1 aromatic heterocycles. The molecular weight excluding hydrogens is 519 g/mol. The van der Waals surface area contributed by atoms with Gasteiger partial charge in [0.25, 0.3) is 0 Å². The molecule has 2 aromatic rings. The van der Waals surface area contributed by atoms with Crippen LogP contribution in [-0.4, -0.2) is 52.8 Å². The standard InChI is InChI=1S/C24H30F3N5O2.2C2H6.C2H2/c1-15-11-32(14-30-15)21-7-6-17(9-22(21)34-2)19(28)10-29-20-8-16-4-3-5-18(16)12-31(23(20)33)13-24(25,26)27;3*1-2/h6-7,9-11,14,16,18,20,29H,3-5,8,12-13,28H2,1-2H3;2*1-2H3;1-2H/b19-10-;;;/t16-,18+,20+;;;/m1.../s1. The SMILES string of the molecule is C#C.CC.CC.COc1cc(/C(N)=C/N[C@H]2C[C@H]3CCC[C@H]3CN(CC(F)(F)F)C2=O)ccc1-n1cnc(C)c1. The van der Waals surface area contributed by atoms with E-state index in [9.17, 15) is 18.0 Å². The van der Waals surface area contributed by atoms with Gasteiger partial charge in [-0.05, 0) is 43.7 Å². The number of hydrogen-bond donors (Lipinski definition) is 2. The topological polar surface area (TPSA) is 85.4 Å². The first-order chi connectivity index (χ1) is 19.1. The summed E-state index contributed by atoms with van der Waals surface area (Å²) in [7, 11) is 1.56. The number of alkyl halides is 3. The summed E-state index contributed by atoms with van der Waals surface area (Å²) in [5.74, 6) is 0.400. The summed E-state index contributed by atoms with van der Waals surface area (Å²) in [5, 5.41) is 3.02. The lowest BCUT2D eigenvalue weighted by Crippen LogP contribution is -2.47. The molecule has 0 bridgehead atoms. The van der Waals surface area contributed by atoms with E-state index in [4.69, 9.17) is 10.5 Å². The van der Waals surface area contributed by atoms with E-state index in [0.717, 1.165) is 35.5 Å². The molecule has 7 nitrogen and oxygen atoms in total. The van der Waals surface area contributed by atoms with Crippen molar-refractivity contribution in [2.24, 2.45) is 17.6 Å².